The highest BCUT2D eigenvalue weighted by atomic mass is 32.1. The van der Waals surface area contributed by atoms with Crippen LogP contribution in [0.4, 0.5) is 5.69 Å². The number of nitrogens with one attached hydrogen (secondary N) is 2. The lowest BCUT2D eigenvalue weighted by Gasteiger charge is -2.18. The molecule has 3 aromatic rings. The van der Waals surface area contributed by atoms with Gasteiger partial charge in [-0.25, -0.2) is 0 Å². The maximum Gasteiger partial charge on any atom is 0.265 e. The van der Waals surface area contributed by atoms with E-state index in [9.17, 15) is 9.59 Å². The lowest BCUT2D eigenvalue weighted by molar-refractivity contribution is -0.119. The van der Waals surface area contributed by atoms with Gasteiger partial charge in [0, 0.05) is 47.7 Å². The molecule has 2 aromatic heterocycles. The summed E-state index contributed by atoms with van der Waals surface area (Å²) in [6, 6.07) is 11.8. The summed E-state index contributed by atoms with van der Waals surface area (Å²) in [7, 11) is 0. The molecule has 0 atom stereocenters. The average molecular weight is 413 g/mol. The molecule has 154 valence electrons. The third-order valence-electron chi connectivity index (χ3n) is 4.98. The standard InChI is InChI=1S/C22H28N4O2S/c1-4-25(5-2)12-13-26-11-10-17-14-18(6-8-20(17)26)24-22(28)21-9-7-19(29-21)15-23-16(3)27/h6-11,14H,4-5,12-13,15H2,1-3H3,(H,23,27)(H,24,28). The van der Waals surface area contributed by atoms with Crippen molar-refractivity contribution in [3.63, 3.8) is 0 Å². The fourth-order valence-corrected chi connectivity index (χ4v) is 4.10. The van der Waals surface area contributed by atoms with Crippen LogP contribution in [0.5, 0.6) is 0 Å². The zero-order valence-electron chi connectivity index (χ0n) is 17.2. The fourth-order valence-electron chi connectivity index (χ4n) is 3.26. The fraction of sp³-hybridized carbons (Fsp3) is 0.364. The van der Waals surface area contributed by atoms with Crippen molar-refractivity contribution in [3.8, 4) is 0 Å². The van der Waals surface area contributed by atoms with Gasteiger partial charge in [0.15, 0.2) is 0 Å². The largest absolute Gasteiger partial charge is 0.351 e. The average Bonchev–Trinajstić information content (AvgIpc) is 3.34. The number of aromatic nitrogens is 1. The van der Waals surface area contributed by atoms with Gasteiger partial charge in [0.05, 0.1) is 11.4 Å². The molecule has 2 N–H and O–H groups in total. The molecule has 0 fully saturated rings. The van der Waals surface area contributed by atoms with Gasteiger partial charge < -0.3 is 20.1 Å². The van der Waals surface area contributed by atoms with E-state index in [4.69, 9.17) is 0 Å². The molecule has 29 heavy (non-hydrogen) atoms. The van der Waals surface area contributed by atoms with Crippen LogP contribution in [0.15, 0.2) is 42.6 Å². The van der Waals surface area contributed by atoms with Gasteiger partial charge in [-0.1, -0.05) is 13.8 Å². The summed E-state index contributed by atoms with van der Waals surface area (Å²) in [5, 5.41) is 6.83. The van der Waals surface area contributed by atoms with Crippen molar-refractivity contribution in [2.75, 3.05) is 25.0 Å². The second kappa shape index (κ2) is 9.71. The molecule has 2 heterocycles. The summed E-state index contributed by atoms with van der Waals surface area (Å²) in [4.78, 5) is 27.6. The Morgan fingerprint density at radius 1 is 1.10 bits per heavy atom. The molecule has 0 aliphatic rings. The van der Waals surface area contributed by atoms with Crippen LogP contribution in [-0.4, -0.2) is 40.9 Å². The van der Waals surface area contributed by atoms with Crippen LogP contribution in [0.1, 0.15) is 35.3 Å². The normalized spacial score (nSPS) is 11.2. The van der Waals surface area contributed by atoms with Crippen molar-refractivity contribution >= 4 is 39.7 Å². The van der Waals surface area contributed by atoms with Crippen LogP contribution in [0.25, 0.3) is 10.9 Å². The van der Waals surface area contributed by atoms with E-state index in [2.05, 4.69) is 52.3 Å². The van der Waals surface area contributed by atoms with Gasteiger partial charge in [0.2, 0.25) is 5.91 Å². The van der Waals surface area contributed by atoms with Gasteiger partial charge in [0.1, 0.15) is 0 Å². The zero-order chi connectivity index (χ0) is 20.8. The number of fused-ring (bicyclic) bond motifs is 1. The van der Waals surface area contributed by atoms with Crippen molar-refractivity contribution in [1.29, 1.82) is 0 Å². The van der Waals surface area contributed by atoms with E-state index in [0.717, 1.165) is 42.1 Å². The highest BCUT2D eigenvalue weighted by Gasteiger charge is 2.11. The Hall–Kier alpha value is -2.64. The first-order chi connectivity index (χ1) is 14.0. The highest BCUT2D eigenvalue weighted by Crippen LogP contribution is 2.23. The molecule has 0 unspecified atom stereocenters. The summed E-state index contributed by atoms with van der Waals surface area (Å²) in [6.45, 7) is 10.4. The van der Waals surface area contributed by atoms with E-state index in [0.29, 0.717) is 11.4 Å². The summed E-state index contributed by atoms with van der Waals surface area (Å²) >= 11 is 1.39. The third-order valence-corrected chi connectivity index (χ3v) is 6.06. The first kappa shape index (κ1) is 21.1. The van der Waals surface area contributed by atoms with Crippen molar-refractivity contribution in [1.82, 2.24) is 14.8 Å². The van der Waals surface area contributed by atoms with Crippen molar-refractivity contribution in [2.24, 2.45) is 0 Å². The Morgan fingerprint density at radius 3 is 2.62 bits per heavy atom. The van der Waals surface area contributed by atoms with Crippen LogP contribution in [-0.2, 0) is 17.9 Å². The third kappa shape index (κ3) is 5.46. The predicted octanol–water partition coefficient (Wildman–Crippen LogP) is 3.93. The predicted molar refractivity (Wildman–Crippen MR) is 120 cm³/mol. The molecule has 7 heteroatoms. The first-order valence-electron chi connectivity index (χ1n) is 9.96. The maximum absolute atomic E-state index is 12.6. The van der Waals surface area contributed by atoms with E-state index >= 15 is 0 Å². The topological polar surface area (TPSA) is 66.4 Å². The monoisotopic (exact) mass is 412 g/mol. The smallest absolute Gasteiger partial charge is 0.265 e. The minimum absolute atomic E-state index is 0.0817. The molecule has 0 saturated heterocycles. The van der Waals surface area contributed by atoms with Gasteiger partial charge >= 0.3 is 0 Å². The van der Waals surface area contributed by atoms with Crippen LogP contribution in [0, 0.1) is 0 Å². The minimum atomic E-state index is -0.135. The minimum Gasteiger partial charge on any atom is -0.351 e. The SMILES string of the molecule is CCN(CC)CCn1ccc2cc(NC(=O)c3ccc(CNC(C)=O)s3)ccc21. The lowest BCUT2D eigenvalue weighted by Crippen LogP contribution is -2.26. The number of likely N-dealkylation sites (N-methyl/N-ethyl adjacent to an activating group) is 1. The molecule has 0 aliphatic heterocycles. The second-order valence-corrected chi connectivity index (χ2v) is 8.11. The lowest BCUT2D eigenvalue weighted by atomic mass is 10.2. The van der Waals surface area contributed by atoms with Crippen molar-refractivity contribution < 1.29 is 9.59 Å². The number of thiophene rings is 1. The number of carbonyl (C=O) groups is 2. The number of hydrogen-bond donors (Lipinski definition) is 2. The Balaban J connectivity index is 1.65. The quantitative estimate of drug-likeness (QED) is 0.560. The van der Waals surface area contributed by atoms with E-state index in [1.807, 2.05) is 18.2 Å². The molecule has 2 amide bonds. The van der Waals surface area contributed by atoms with E-state index < -0.39 is 0 Å². The van der Waals surface area contributed by atoms with Crippen LogP contribution in [0.2, 0.25) is 0 Å². The van der Waals surface area contributed by atoms with Crippen LogP contribution < -0.4 is 10.6 Å². The number of carbonyl (C=O) groups excluding carboxylic acids is 2. The Kier molecular flexibility index (Phi) is 7.06. The summed E-state index contributed by atoms with van der Waals surface area (Å²) in [6.07, 6.45) is 2.10. The second-order valence-electron chi connectivity index (χ2n) is 6.94. The molecule has 0 radical (unpaired) electrons. The van der Waals surface area contributed by atoms with Gasteiger partial charge in [-0.05, 0) is 49.5 Å². The van der Waals surface area contributed by atoms with Gasteiger partial charge in [-0.3, -0.25) is 9.59 Å². The molecule has 0 saturated carbocycles. The van der Waals surface area contributed by atoms with Gasteiger partial charge in [0.25, 0.3) is 5.91 Å². The molecule has 6 nitrogen and oxygen atoms in total. The van der Waals surface area contributed by atoms with Gasteiger partial charge in [-0.15, -0.1) is 11.3 Å². The van der Waals surface area contributed by atoms with E-state index in [1.54, 1.807) is 6.07 Å². The number of amides is 2. The number of nitrogens with zero attached hydrogens (tertiary/aromatic N) is 2. The number of benzene rings is 1. The molecule has 0 bridgehead atoms. The number of rotatable bonds is 9. The van der Waals surface area contributed by atoms with Crippen LogP contribution >= 0.6 is 11.3 Å². The van der Waals surface area contributed by atoms with Crippen LogP contribution in [0.3, 0.4) is 0 Å². The number of hydrogen-bond acceptors (Lipinski definition) is 4. The zero-order valence-corrected chi connectivity index (χ0v) is 18.0. The van der Waals surface area contributed by atoms with E-state index in [1.165, 1.54) is 23.8 Å². The molecule has 0 aliphatic carbocycles. The van der Waals surface area contributed by atoms with Crippen molar-refractivity contribution in [3.05, 3.63) is 52.3 Å². The van der Waals surface area contributed by atoms with Crippen molar-refractivity contribution in [2.45, 2.75) is 33.9 Å². The molecular weight excluding hydrogens is 384 g/mol. The maximum atomic E-state index is 12.6. The molecule has 1 aromatic carbocycles. The summed E-state index contributed by atoms with van der Waals surface area (Å²) in [5.74, 6) is -0.217. The summed E-state index contributed by atoms with van der Waals surface area (Å²) in [5.41, 5.74) is 1.95. The highest BCUT2D eigenvalue weighted by molar-refractivity contribution is 7.14. The Bertz CT molecular complexity index is 988. The summed E-state index contributed by atoms with van der Waals surface area (Å²) < 4.78 is 2.26. The van der Waals surface area contributed by atoms with Gasteiger partial charge in [-0.2, -0.15) is 0 Å². The Labute approximate surface area is 175 Å². The first-order valence-corrected chi connectivity index (χ1v) is 10.8. The molecule has 0 spiro atoms. The number of anilines is 1. The molecular formula is C22H28N4O2S. The van der Waals surface area contributed by atoms with E-state index in [-0.39, 0.29) is 11.8 Å². The Morgan fingerprint density at radius 2 is 1.90 bits per heavy atom. The molecule has 3 rings (SSSR count).